The molecular weight excluding hydrogens is 358 g/mol. The summed E-state index contributed by atoms with van der Waals surface area (Å²) in [5.74, 6) is 1.19. The lowest BCUT2D eigenvalue weighted by Crippen LogP contribution is -2.27. The maximum atomic E-state index is 12.5. The second-order valence-corrected chi connectivity index (χ2v) is 7.91. The fraction of sp³-hybridized carbons (Fsp3) is 0.389. The molecule has 7 nitrogen and oxygen atoms in total. The van der Waals surface area contributed by atoms with Gasteiger partial charge in [0, 0.05) is 18.7 Å². The number of hydrogen-bond acceptors (Lipinski definition) is 6. The first kappa shape index (κ1) is 18.5. The first-order valence-electron chi connectivity index (χ1n) is 8.32. The molecule has 8 heteroatoms. The Morgan fingerprint density at radius 2 is 1.88 bits per heavy atom. The Kier molecular flexibility index (Phi) is 5.33. The van der Waals surface area contributed by atoms with Gasteiger partial charge < -0.3 is 13.9 Å². The van der Waals surface area contributed by atoms with Crippen LogP contribution in [0.2, 0.25) is 0 Å². The average molecular weight is 379 g/mol. The van der Waals surface area contributed by atoms with Crippen molar-refractivity contribution in [1.82, 2.24) is 4.31 Å². The third-order valence-electron chi connectivity index (χ3n) is 4.24. The summed E-state index contributed by atoms with van der Waals surface area (Å²) in [4.78, 5) is 11.4. The number of carbonyl (C=O) groups excluding carboxylic acids is 1. The highest BCUT2D eigenvalue weighted by Crippen LogP contribution is 2.30. The fourth-order valence-electron chi connectivity index (χ4n) is 2.78. The van der Waals surface area contributed by atoms with Gasteiger partial charge in [-0.3, -0.25) is 4.79 Å². The highest BCUT2D eigenvalue weighted by atomic mass is 32.2. The van der Waals surface area contributed by atoms with Crippen molar-refractivity contribution in [2.45, 2.75) is 31.5 Å². The molecule has 140 valence electrons. The van der Waals surface area contributed by atoms with Crippen molar-refractivity contribution in [3.05, 3.63) is 41.7 Å². The van der Waals surface area contributed by atoms with Crippen LogP contribution in [0.1, 0.15) is 35.9 Å². The number of sulfonamides is 1. The Balaban J connectivity index is 1.71. The van der Waals surface area contributed by atoms with Crippen molar-refractivity contribution in [3.63, 3.8) is 0 Å². The molecule has 0 saturated carbocycles. The molecule has 0 unspecified atom stereocenters. The highest BCUT2D eigenvalue weighted by Gasteiger charge is 2.30. The minimum absolute atomic E-state index is 0.0469. The predicted molar refractivity (Wildman–Crippen MR) is 94.0 cm³/mol. The first-order valence-corrected chi connectivity index (χ1v) is 9.76. The van der Waals surface area contributed by atoms with Gasteiger partial charge in [-0.2, -0.15) is 4.31 Å². The van der Waals surface area contributed by atoms with E-state index in [0.717, 1.165) is 12.8 Å². The second kappa shape index (κ2) is 7.51. The van der Waals surface area contributed by atoms with Gasteiger partial charge in [0.15, 0.2) is 17.3 Å². The van der Waals surface area contributed by atoms with Crippen LogP contribution in [0.15, 0.2) is 39.8 Å². The predicted octanol–water partition coefficient (Wildman–Crippen LogP) is 2.85. The lowest BCUT2D eigenvalue weighted by Gasteiger charge is -2.13. The third-order valence-corrected chi connectivity index (χ3v) is 6.01. The second-order valence-electron chi connectivity index (χ2n) is 6.04. The lowest BCUT2D eigenvalue weighted by atomic mass is 10.1. The molecule has 2 heterocycles. The van der Waals surface area contributed by atoms with E-state index in [1.54, 1.807) is 24.3 Å². The molecule has 1 fully saturated rings. The molecule has 0 N–H and O–H groups in total. The largest absolute Gasteiger partial charge is 0.493 e. The van der Waals surface area contributed by atoms with Gasteiger partial charge in [-0.15, -0.1) is 0 Å². The van der Waals surface area contributed by atoms with Gasteiger partial charge in [0.1, 0.15) is 12.4 Å². The van der Waals surface area contributed by atoms with Crippen LogP contribution in [0.5, 0.6) is 11.5 Å². The van der Waals surface area contributed by atoms with Gasteiger partial charge >= 0.3 is 0 Å². The third kappa shape index (κ3) is 3.76. The Bertz CT molecular complexity index is 896. The summed E-state index contributed by atoms with van der Waals surface area (Å²) in [5.41, 5.74) is 0.520. The van der Waals surface area contributed by atoms with Crippen LogP contribution in [0.4, 0.5) is 0 Å². The van der Waals surface area contributed by atoms with E-state index in [9.17, 15) is 13.2 Å². The Labute approximate surface area is 152 Å². The van der Waals surface area contributed by atoms with Crippen LogP contribution in [0.3, 0.4) is 0 Å². The number of nitrogens with zero attached hydrogens (tertiary/aromatic N) is 1. The molecule has 1 aliphatic rings. The van der Waals surface area contributed by atoms with E-state index in [2.05, 4.69) is 0 Å². The van der Waals surface area contributed by atoms with Crippen molar-refractivity contribution in [3.8, 4) is 11.5 Å². The van der Waals surface area contributed by atoms with E-state index in [4.69, 9.17) is 13.9 Å². The molecule has 2 aromatic rings. The molecule has 1 aromatic carbocycles. The maximum absolute atomic E-state index is 12.5. The van der Waals surface area contributed by atoms with Gasteiger partial charge in [0.2, 0.25) is 5.09 Å². The number of ether oxygens (including phenoxy) is 2. The van der Waals surface area contributed by atoms with E-state index in [-0.39, 0.29) is 17.5 Å². The molecule has 0 atom stereocenters. The zero-order valence-corrected chi connectivity index (χ0v) is 15.5. The maximum Gasteiger partial charge on any atom is 0.276 e. The number of hydrogen-bond donors (Lipinski definition) is 0. The molecule has 1 aromatic heterocycles. The van der Waals surface area contributed by atoms with Gasteiger partial charge in [-0.1, -0.05) is 0 Å². The minimum Gasteiger partial charge on any atom is -0.493 e. The van der Waals surface area contributed by atoms with Crippen molar-refractivity contribution in [2.24, 2.45) is 0 Å². The van der Waals surface area contributed by atoms with E-state index < -0.39 is 10.0 Å². The lowest BCUT2D eigenvalue weighted by molar-refractivity contribution is 0.101. The number of methoxy groups -OCH3 is 1. The number of carbonyl (C=O) groups is 1. The smallest absolute Gasteiger partial charge is 0.276 e. The van der Waals surface area contributed by atoms with Gasteiger partial charge in [-0.25, -0.2) is 8.42 Å². The van der Waals surface area contributed by atoms with Crippen LogP contribution < -0.4 is 9.47 Å². The first-order chi connectivity index (χ1) is 12.4. The molecule has 1 aliphatic heterocycles. The average Bonchev–Trinajstić information content (AvgIpc) is 3.31. The Morgan fingerprint density at radius 1 is 1.15 bits per heavy atom. The van der Waals surface area contributed by atoms with Crippen molar-refractivity contribution >= 4 is 15.8 Å². The molecular formula is C18H21NO6S. The highest BCUT2D eigenvalue weighted by molar-refractivity contribution is 7.89. The molecule has 0 radical (unpaired) electrons. The number of ketones is 1. The van der Waals surface area contributed by atoms with Gasteiger partial charge in [0.25, 0.3) is 10.0 Å². The molecule has 3 rings (SSSR count). The number of rotatable bonds is 7. The van der Waals surface area contributed by atoms with Crippen LogP contribution in [-0.2, 0) is 16.6 Å². The van der Waals surface area contributed by atoms with Crippen molar-refractivity contribution < 1.29 is 27.1 Å². The van der Waals surface area contributed by atoms with Crippen LogP contribution in [0, 0.1) is 0 Å². The summed E-state index contributed by atoms with van der Waals surface area (Å²) in [7, 11) is -2.09. The van der Waals surface area contributed by atoms with Crippen molar-refractivity contribution in [2.75, 3.05) is 20.2 Å². The monoisotopic (exact) mass is 379 g/mol. The number of furan rings is 1. The molecule has 0 amide bonds. The zero-order chi connectivity index (χ0) is 18.7. The van der Waals surface area contributed by atoms with Gasteiger partial charge in [0.05, 0.1) is 7.11 Å². The molecule has 0 spiro atoms. The quantitative estimate of drug-likeness (QED) is 0.688. The normalized spacial score (nSPS) is 15.2. The minimum atomic E-state index is -3.58. The number of Topliss-reactive ketones (excluding diaryl/α,β-unsaturated/α-hetero) is 1. The summed E-state index contributed by atoms with van der Waals surface area (Å²) >= 11 is 0. The van der Waals surface area contributed by atoms with E-state index in [1.807, 2.05) is 0 Å². The summed E-state index contributed by atoms with van der Waals surface area (Å²) in [5, 5.41) is -0.0723. The molecule has 0 aliphatic carbocycles. The van der Waals surface area contributed by atoms with E-state index in [0.29, 0.717) is 35.9 Å². The molecule has 0 bridgehead atoms. The van der Waals surface area contributed by atoms with Crippen LogP contribution in [0.25, 0.3) is 0 Å². The summed E-state index contributed by atoms with van der Waals surface area (Å²) in [6.07, 6.45) is 1.73. The van der Waals surface area contributed by atoms with Crippen molar-refractivity contribution in [1.29, 1.82) is 0 Å². The molecule has 26 heavy (non-hydrogen) atoms. The van der Waals surface area contributed by atoms with Crippen LogP contribution >= 0.6 is 0 Å². The Hall–Kier alpha value is -2.32. The zero-order valence-electron chi connectivity index (χ0n) is 14.7. The molecule has 1 saturated heterocycles. The Morgan fingerprint density at radius 3 is 2.54 bits per heavy atom. The number of benzene rings is 1. The van der Waals surface area contributed by atoms with Crippen LogP contribution in [-0.4, -0.2) is 38.7 Å². The van der Waals surface area contributed by atoms with E-state index in [1.165, 1.54) is 24.4 Å². The summed E-state index contributed by atoms with van der Waals surface area (Å²) in [6.45, 7) is 2.56. The SMILES string of the molecule is COc1cc(C(C)=O)ccc1OCc1ccc(S(=O)(=O)N2CCCC2)o1. The topological polar surface area (TPSA) is 86.0 Å². The standard InChI is InChI=1S/C18H21NO6S/c1-13(20)14-5-7-16(17(11-14)23-2)24-12-15-6-8-18(25-15)26(21,22)19-9-3-4-10-19/h5-8,11H,3-4,9-10,12H2,1-2H3. The van der Waals surface area contributed by atoms with E-state index >= 15 is 0 Å². The summed E-state index contributed by atoms with van der Waals surface area (Å²) < 4.78 is 42.7. The summed E-state index contributed by atoms with van der Waals surface area (Å²) in [6, 6.07) is 7.91. The fourth-order valence-corrected chi connectivity index (χ4v) is 4.23. The van der Waals surface area contributed by atoms with Gasteiger partial charge in [-0.05, 0) is 50.1 Å².